The van der Waals surface area contributed by atoms with Crippen LogP contribution in [0.5, 0.6) is 5.75 Å². The van der Waals surface area contributed by atoms with Crippen molar-refractivity contribution < 1.29 is 9.53 Å². The number of aromatic amines is 1. The molecule has 1 aromatic heterocycles. The number of hydrogen-bond acceptors (Lipinski definition) is 4. The summed E-state index contributed by atoms with van der Waals surface area (Å²) in [7, 11) is 0. The highest BCUT2D eigenvalue weighted by molar-refractivity contribution is 7.98. The molecule has 3 aromatic carbocycles. The molecule has 4 aromatic rings. The number of thioether (sulfide) groups is 1. The minimum atomic E-state index is -0.0619. The van der Waals surface area contributed by atoms with E-state index in [9.17, 15) is 4.79 Å². The number of carbonyl (C=O) groups is 1. The zero-order valence-electron chi connectivity index (χ0n) is 16.3. The van der Waals surface area contributed by atoms with E-state index in [-0.39, 0.29) is 11.9 Å². The summed E-state index contributed by atoms with van der Waals surface area (Å²) in [6.07, 6.45) is 0.773. The van der Waals surface area contributed by atoms with Gasteiger partial charge in [0.05, 0.1) is 23.7 Å². The Bertz CT molecular complexity index is 1150. The highest BCUT2D eigenvalue weighted by Gasteiger charge is 2.23. The van der Waals surface area contributed by atoms with Crippen LogP contribution in [0.3, 0.4) is 0 Å². The number of rotatable bonds is 5. The van der Waals surface area contributed by atoms with Gasteiger partial charge in [-0.1, -0.05) is 54.2 Å². The molecule has 6 heteroatoms. The van der Waals surface area contributed by atoms with Crippen LogP contribution in [-0.2, 0) is 5.75 Å². The van der Waals surface area contributed by atoms with Gasteiger partial charge in [0.25, 0.3) is 5.91 Å². The Hall–Kier alpha value is -3.25. The van der Waals surface area contributed by atoms with E-state index >= 15 is 0 Å². The Kier molecular flexibility index (Phi) is 5.15. The number of benzene rings is 3. The molecule has 0 saturated carbocycles. The maximum Gasteiger partial charge on any atom is 0.251 e. The van der Waals surface area contributed by atoms with Gasteiger partial charge in [-0.2, -0.15) is 0 Å². The molecule has 2 N–H and O–H groups in total. The smallest absolute Gasteiger partial charge is 0.251 e. The van der Waals surface area contributed by atoms with Crippen LogP contribution in [0.1, 0.15) is 33.9 Å². The molecule has 1 aliphatic rings. The average Bonchev–Trinajstić information content (AvgIpc) is 3.21. The van der Waals surface area contributed by atoms with Crippen molar-refractivity contribution in [2.75, 3.05) is 6.61 Å². The molecule has 0 spiro atoms. The predicted octanol–water partition coefficient (Wildman–Crippen LogP) is 5.11. The fourth-order valence-electron chi connectivity index (χ4n) is 3.64. The minimum absolute atomic E-state index is 0.0224. The summed E-state index contributed by atoms with van der Waals surface area (Å²) in [5.41, 5.74) is 4.87. The van der Waals surface area contributed by atoms with E-state index in [4.69, 9.17) is 4.74 Å². The van der Waals surface area contributed by atoms with Crippen LogP contribution in [-0.4, -0.2) is 22.5 Å². The molecule has 0 saturated heterocycles. The first-order chi connectivity index (χ1) is 14.8. The monoisotopic (exact) mass is 415 g/mol. The van der Waals surface area contributed by atoms with Crippen molar-refractivity contribution in [2.24, 2.45) is 0 Å². The van der Waals surface area contributed by atoms with Crippen molar-refractivity contribution in [3.8, 4) is 5.75 Å². The molecule has 1 amide bonds. The summed E-state index contributed by atoms with van der Waals surface area (Å²) in [6, 6.07) is 23.6. The van der Waals surface area contributed by atoms with Gasteiger partial charge in [0.1, 0.15) is 5.75 Å². The molecular weight excluding hydrogens is 394 g/mol. The molecular formula is C24H21N3O2S. The maximum absolute atomic E-state index is 12.7. The molecule has 1 aliphatic heterocycles. The second kappa shape index (κ2) is 8.24. The van der Waals surface area contributed by atoms with E-state index in [2.05, 4.69) is 15.3 Å². The summed E-state index contributed by atoms with van der Waals surface area (Å²) in [5.74, 6) is 1.58. The third-order valence-corrected chi connectivity index (χ3v) is 6.17. The van der Waals surface area contributed by atoms with E-state index in [0.29, 0.717) is 12.2 Å². The largest absolute Gasteiger partial charge is 0.493 e. The van der Waals surface area contributed by atoms with Gasteiger partial charge in [0.2, 0.25) is 0 Å². The van der Waals surface area contributed by atoms with Crippen molar-refractivity contribution in [2.45, 2.75) is 23.4 Å². The third kappa shape index (κ3) is 3.91. The van der Waals surface area contributed by atoms with E-state index in [1.807, 2.05) is 72.8 Å². The summed E-state index contributed by atoms with van der Waals surface area (Å²) in [6.45, 7) is 0.611. The Labute approximate surface area is 178 Å². The number of fused-ring (bicyclic) bond motifs is 2. The number of para-hydroxylation sites is 3. The van der Waals surface area contributed by atoms with Crippen LogP contribution in [0.15, 0.2) is 78.0 Å². The van der Waals surface area contributed by atoms with Gasteiger partial charge in [0, 0.05) is 23.3 Å². The molecule has 150 valence electrons. The quantitative estimate of drug-likeness (QED) is 0.445. The number of nitrogens with zero attached hydrogens (tertiary/aromatic N) is 1. The van der Waals surface area contributed by atoms with Crippen LogP contribution in [0.4, 0.5) is 0 Å². The van der Waals surface area contributed by atoms with Crippen LogP contribution in [0.25, 0.3) is 11.0 Å². The number of carbonyl (C=O) groups excluding carboxylic acids is 1. The lowest BCUT2D eigenvalue weighted by Gasteiger charge is -2.26. The first kappa shape index (κ1) is 18.8. The predicted molar refractivity (Wildman–Crippen MR) is 119 cm³/mol. The standard InChI is InChI=1S/C24H21N3O2S/c28-23(25-19-13-14-29-22-8-4-1-5-18(19)22)17-11-9-16(10-12-17)15-30-24-26-20-6-2-3-7-21(20)27-24/h1-12,19H,13-15H2,(H,25,28)(H,26,27). The summed E-state index contributed by atoms with van der Waals surface area (Å²) < 4.78 is 5.68. The number of nitrogens with one attached hydrogen (secondary N) is 2. The SMILES string of the molecule is O=C(NC1CCOc2ccccc21)c1ccc(CSc2nc3ccccc3[nH]2)cc1. The van der Waals surface area contributed by atoms with Gasteiger partial charge in [-0.25, -0.2) is 4.98 Å². The third-order valence-electron chi connectivity index (χ3n) is 5.22. The topological polar surface area (TPSA) is 67.0 Å². The minimum Gasteiger partial charge on any atom is -0.493 e. The van der Waals surface area contributed by atoms with Gasteiger partial charge in [-0.05, 0) is 35.9 Å². The van der Waals surface area contributed by atoms with E-state index in [1.54, 1.807) is 11.8 Å². The Morgan fingerprint density at radius 3 is 2.73 bits per heavy atom. The molecule has 0 bridgehead atoms. The molecule has 2 heterocycles. The van der Waals surface area contributed by atoms with E-state index in [1.165, 1.54) is 0 Å². The van der Waals surface area contributed by atoms with Crippen LogP contribution in [0.2, 0.25) is 0 Å². The molecule has 5 rings (SSSR count). The van der Waals surface area contributed by atoms with Gasteiger partial charge >= 0.3 is 0 Å². The number of hydrogen-bond donors (Lipinski definition) is 2. The number of ether oxygens (including phenoxy) is 1. The van der Waals surface area contributed by atoms with Gasteiger partial charge in [-0.3, -0.25) is 4.79 Å². The lowest BCUT2D eigenvalue weighted by Crippen LogP contribution is -2.32. The lowest BCUT2D eigenvalue weighted by atomic mass is 10.00. The molecule has 0 fully saturated rings. The summed E-state index contributed by atoms with van der Waals surface area (Å²) in [4.78, 5) is 20.7. The zero-order chi connectivity index (χ0) is 20.3. The number of H-pyrrole nitrogens is 1. The first-order valence-electron chi connectivity index (χ1n) is 9.95. The first-order valence-corrected chi connectivity index (χ1v) is 10.9. The molecule has 30 heavy (non-hydrogen) atoms. The van der Waals surface area contributed by atoms with Gasteiger partial charge < -0.3 is 15.0 Å². The number of imidazole rings is 1. The highest BCUT2D eigenvalue weighted by atomic mass is 32.2. The summed E-state index contributed by atoms with van der Waals surface area (Å²) in [5, 5.41) is 4.04. The van der Waals surface area contributed by atoms with Gasteiger partial charge in [0.15, 0.2) is 5.16 Å². The lowest BCUT2D eigenvalue weighted by molar-refractivity contribution is 0.0925. The summed E-state index contributed by atoms with van der Waals surface area (Å²) >= 11 is 1.65. The average molecular weight is 416 g/mol. The fraction of sp³-hybridized carbons (Fsp3) is 0.167. The number of amides is 1. The number of aromatic nitrogens is 2. The van der Waals surface area contributed by atoms with Crippen molar-refractivity contribution >= 4 is 28.7 Å². The van der Waals surface area contributed by atoms with Crippen LogP contribution >= 0.6 is 11.8 Å². The van der Waals surface area contributed by atoms with E-state index < -0.39 is 0 Å². The Balaban J connectivity index is 1.22. The van der Waals surface area contributed by atoms with Crippen LogP contribution in [0, 0.1) is 0 Å². The fourth-order valence-corrected chi connectivity index (χ4v) is 4.48. The van der Waals surface area contributed by atoms with E-state index in [0.717, 1.165) is 45.2 Å². The van der Waals surface area contributed by atoms with Gasteiger partial charge in [-0.15, -0.1) is 0 Å². The Morgan fingerprint density at radius 1 is 1.07 bits per heavy atom. The van der Waals surface area contributed by atoms with Crippen LogP contribution < -0.4 is 10.1 Å². The van der Waals surface area contributed by atoms with Crippen molar-refractivity contribution in [3.05, 3.63) is 89.5 Å². The second-order valence-corrected chi connectivity index (χ2v) is 8.21. The normalized spacial score (nSPS) is 15.4. The van der Waals surface area contributed by atoms with Crippen molar-refractivity contribution in [1.82, 2.24) is 15.3 Å². The molecule has 1 atom stereocenters. The molecule has 0 radical (unpaired) electrons. The molecule has 1 unspecified atom stereocenters. The zero-order valence-corrected chi connectivity index (χ0v) is 17.1. The molecule has 5 nitrogen and oxygen atoms in total. The highest BCUT2D eigenvalue weighted by Crippen LogP contribution is 2.31. The Morgan fingerprint density at radius 2 is 1.87 bits per heavy atom. The second-order valence-electron chi connectivity index (χ2n) is 7.25. The van der Waals surface area contributed by atoms with Crippen molar-refractivity contribution in [1.29, 1.82) is 0 Å². The molecule has 0 aliphatic carbocycles. The van der Waals surface area contributed by atoms with Crippen molar-refractivity contribution in [3.63, 3.8) is 0 Å². The maximum atomic E-state index is 12.7.